The Kier molecular flexibility index (Phi) is 3.02. The van der Waals surface area contributed by atoms with Crippen LogP contribution < -0.4 is 10.5 Å². The number of aromatic nitrogens is 1. The zero-order chi connectivity index (χ0) is 14.1. The van der Waals surface area contributed by atoms with Crippen LogP contribution >= 0.6 is 0 Å². The zero-order valence-electron chi connectivity index (χ0n) is 10.8. The summed E-state index contributed by atoms with van der Waals surface area (Å²) in [5.41, 5.74) is 7.71. The zero-order valence-corrected chi connectivity index (χ0v) is 10.8. The lowest BCUT2D eigenvalue weighted by Gasteiger charge is -2.10. The third kappa shape index (κ3) is 2.30. The van der Waals surface area contributed by atoms with Gasteiger partial charge in [0.05, 0.1) is 0 Å². The Hall–Kier alpha value is -2.56. The van der Waals surface area contributed by atoms with E-state index in [0.29, 0.717) is 11.3 Å². The number of aromatic hydroxyl groups is 1. The Morgan fingerprint density at radius 2 is 2.00 bits per heavy atom. The van der Waals surface area contributed by atoms with Crippen LogP contribution in [-0.4, -0.2) is 16.0 Å². The number of primary amides is 1. The molecular formula is C15H14N2O3. The molecule has 5 heteroatoms. The average molecular weight is 270 g/mol. The van der Waals surface area contributed by atoms with Crippen molar-refractivity contribution in [3.63, 3.8) is 0 Å². The van der Waals surface area contributed by atoms with Crippen molar-refractivity contribution in [2.75, 3.05) is 0 Å². The number of aryl methyl sites for hydroxylation is 2. The second-order valence-corrected chi connectivity index (χ2v) is 4.76. The number of hydrogen-bond acceptors (Lipinski definition) is 4. The van der Waals surface area contributed by atoms with Crippen molar-refractivity contribution in [3.05, 3.63) is 47.2 Å². The molecule has 5 nitrogen and oxygen atoms in total. The van der Waals surface area contributed by atoms with Gasteiger partial charge in [-0.15, -0.1) is 0 Å². The normalized spacial score (nSPS) is 13.0. The second kappa shape index (κ2) is 4.85. The first-order valence-corrected chi connectivity index (χ1v) is 6.43. The Balaban J connectivity index is 1.99. The number of nitrogens with two attached hydrogens (primary N) is 1. The number of fused-ring (bicyclic) bond motifs is 1. The van der Waals surface area contributed by atoms with Crippen LogP contribution in [-0.2, 0) is 12.8 Å². The number of phenolic OH excluding ortho intramolecular Hbond substituents is 1. The molecule has 0 bridgehead atoms. The fourth-order valence-electron chi connectivity index (χ4n) is 2.33. The van der Waals surface area contributed by atoms with E-state index in [0.717, 1.165) is 30.5 Å². The summed E-state index contributed by atoms with van der Waals surface area (Å²) in [4.78, 5) is 15.9. The molecule has 1 amide bonds. The number of rotatable bonds is 3. The van der Waals surface area contributed by atoms with Gasteiger partial charge in [0.15, 0.2) is 0 Å². The molecule has 102 valence electrons. The fraction of sp³-hybridized carbons (Fsp3) is 0.200. The van der Waals surface area contributed by atoms with Crippen molar-refractivity contribution in [3.8, 4) is 17.4 Å². The van der Waals surface area contributed by atoms with Gasteiger partial charge in [0.1, 0.15) is 17.1 Å². The van der Waals surface area contributed by atoms with Crippen molar-refractivity contribution in [1.82, 2.24) is 4.98 Å². The first-order valence-electron chi connectivity index (χ1n) is 6.43. The van der Waals surface area contributed by atoms with E-state index in [1.54, 1.807) is 18.2 Å². The minimum absolute atomic E-state index is 0.148. The summed E-state index contributed by atoms with van der Waals surface area (Å²) < 4.78 is 5.63. The molecule has 0 radical (unpaired) electrons. The van der Waals surface area contributed by atoms with Gasteiger partial charge in [-0.1, -0.05) is 0 Å². The van der Waals surface area contributed by atoms with Gasteiger partial charge >= 0.3 is 0 Å². The molecule has 0 saturated carbocycles. The minimum atomic E-state index is -0.555. The van der Waals surface area contributed by atoms with E-state index in [4.69, 9.17) is 10.5 Å². The van der Waals surface area contributed by atoms with Crippen LogP contribution in [0.3, 0.4) is 0 Å². The van der Waals surface area contributed by atoms with Crippen LogP contribution in [0.2, 0.25) is 0 Å². The lowest BCUT2D eigenvalue weighted by Crippen LogP contribution is -2.14. The third-order valence-corrected chi connectivity index (χ3v) is 3.33. The molecule has 20 heavy (non-hydrogen) atoms. The number of hydrogen-bond donors (Lipinski definition) is 2. The number of amides is 1. The van der Waals surface area contributed by atoms with Gasteiger partial charge in [-0.05, 0) is 55.2 Å². The van der Waals surface area contributed by atoms with Gasteiger partial charge in [0.2, 0.25) is 5.88 Å². The molecule has 0 atom stereocenters. The van der Waals surface area contributed by atoms with E-state index in [9.17, 15) is 9.90 Å². The molecule has 3 N–H and O–H groups in total. The summed E-state index contributed by atoms with van der Waals surface area (Å²) >= 11 is 0. The van der Waals surface area contributed by atoms with Crippen molar-refractivity contribution in [1.29, 1.82) is 0 Å². The molecule has 1 aromatic carbocycles. The standard InChI is InChI=1S/C15H14N2O3/c16-14(19)12-8-9-2-1-3-13(9)17-15(12)20-11-6-4-10(18)5-7-11/h4-8,18H,1-3H2,(H2,16,19). The van der Waals surface area contributed by atoms with Crippen molar-refractivity contribution in [2.45, 2.75) is 19.3 Å². The fourth-order valence-corrected chi connectivity index (χ4v) is 2.33. The van der Waals surface area contributed by atoms with Crippen LogP contribution in [0.1, 0.15) is 28.0 Å². The number of carbonyl (C=O) groups excluding carboxylic acids is 1. The van der Waals surface area contributed by atoms with E-state index in [1.165, 1.54) is 12.1 Å². The molecule has 0 spiro atoms. The molecule has 1 heterocycles. The van der Waals surface area contributed by atoms with E-state index in [-0.39, 0.29) is 11.6 Å². The Labute approximate surface area is 116 Å². The third-order valence-electron chi connectivity index (χ3n) is 3.33. The second-order valence-electron chi connectivity index (χ2n) is 4.76. The quantitative estimate of drug-likeness (QED) is 0.895. The van der Waals surface area contributed by atoms with Crippen LogP contribution in [0, 0.1) is 0 Å². The molecule has 0 unspecified atom stereocenters. The summed E-state index contributed by atoms with van der Waals surface area (Å²) in [5.74, 6) is 0.315. The number of carbonyl (C=O) groups is 1. The van der Waals surface area contributed by atoms with Crippen molar-refractivity contribution < 1.29 is 14.6 Å². The molecule has 0 fully saturated rings. The van der Waals surface area contributed by atoms with Gasteiger partial charge < -0.3 is 15.6 Å². The maximum atomic E-state index is 11.5. The van der Waals surface area contributed by atoms with Crippen LogP contribution in [0.25, 0.3) is 0 Å². The maximum Gasteiger partial charge on any atom is 0.254 e. The molecule has 1 aliphatic carbocycles. The summed E-state index contributed by atoms with van der Waals surface area (Å²) in [5, 5.41) is 9.25. The van der Waals surface area contributed by atoms with Crippen LogP contribution in [0.4, 0.5) is 0 Å². The Bertz CT molecular complexity index is 666. The summed E-state index contributed by atoms with van der Waals surface area (Å²) in [7, 11) is 0. The van der Waals surface area contributed by atoms with Gasteiger partial charge in [0, 0.05) is 5.69 Å². The molecule has 0 saturated heterocycles. The molecule has 0 aliphatic heterocycles. The van der Waals surface area contributed by atoms with Crippen LogP contribution in [0.5, 0.6) is 17.4 Å². The summed E-state index contributed by atoms with van der Waals surface area (Å²) in [6.45, 7) is 0. The highest BCUT2D eigenvalue weighted by atomic mass is 16.5. The largest absolute Gasteiger partial charge is 0.508 e. The first-order chi connectivity index (χ1) is 9.63. The molecular weight excluding hydrogens is 256 g/mol. The van der Waals surface area contributed by atoms with Gasteiger partial charge in [-0.3, -0.25) is 4.79 Å². The Morgan fingerprint density at radius 3 is 2.70 bits per heavy atom. The highest BCUT2D eigenvalue weighted by molar-refractivity contribution is 5.95. The van der Waals surface area contributed by atoms with Crippen molar-refractivity contribution >= 4 is 5.91 Å². The van der Waals surface area contributed by atoms with Gasteiger partial charge in [-0.25, -0.2) is 4.98 Å². The van der Waals surface area contributed by atoms with Crippen molar-refractivity contribution in [2.24, 2.45) is 5.73 Å². The maximum absolute atomic E-state index is 11.5. The SMILES string of the molecule is NC(=O)c1cc2c(nc1Oc1ccc(O)cc1)CCC2. The van der Waals surface area contributed by atoms with E-state index >= 15 is 0 Å². The lowest BCUT2D eigenvalue weighted by molar-refractivity contribution is 0.0997. The van der Waals surface area contributed by atoms with E-state index in [2.05, 4.69) is 4.98 Å². The highest BCUT2D eigenvalue weighted by Gasteiger charge is 2.20. The summed E-state index contributed by atoms with van der Waals surface area (Å²) in [6.07, 6.45) is 2.84. The van der Waals surface area contributed by atoms with E-state index in [1.807, 2.05) is 0 Å². The highest BCUT2D eigenvalue weighted by Crippen LogP contribution is 2.30. The summed E-state index contributed by atoms with van der Waals surface area (Å²) in [6, 6.07) is 8.00. The smallest absolute Gasteiger partial charge is 0.254 e. The average Bonchev–Trinajstić information content (AvgIpc) is 2.87. The molecule has 1 aliphatic rings. The molecule has 1 aromatic heterocycles. The van der Waals surface area contributed by atoms with E-state index < -0.39 is 5.91 Å². The van der Waals surface area contributed by atoms with Gasteiger partial charge in [-0.2, -0.15) is 0 Å². The Morgan fingerprint density at radius 1 is 1.25 bits per heavy atom. The predicted molar refractivity (Wildman–Crippen MR) is 73.0 cm³/mol. The van der Waals surface area contributed by atoms with Crippen LogP contribution in [0.15, 0.2) is 30.3 Å². The van der Waals surface area contributed by atoms with Gasteiger partial charge in [0.25, 0.3) is 5.91 Å². The topological polar surface area (TPSA) is 85.4 Å². The number of ether oxygens (including phenoxy) is 1. The first kappa shape index (κ1) is 12.5. The molecule has 3 rings (SSSR count). The number of nitrogens with zero attached hydrogens (tertiary/aromatic N) is 1. The molecule has 2 aromatic rings. The monoisotopic (exact) mass is 270 g/mol. The lowest BCUT2D eigenvalue weighted by atomic mass is 10.1. The number of pyridine rings is 1. The predicted octanol–water partition coefficient (Wildman–Crippen LogP) is 2.17. The number of benzene rings is 1. The minimum Gasteiger partial charge on any atom is -0.508 e. The number of phenols is 1.